The standard InChI is InChI=1S/C20H22N4O4/c1-14(25)21-17-3-2-4-18(13-17)22-19(26)15-5-7-16(8-6-15)23-20(27)24-9-11-28-12-10-24/h2-8,13H,9-12H2,1H3,(H,21,25)(H,22,26)(H,23,27). The Kier molecular flexibility index (Phi) is 6.23. The van der Waals surface area contributed by atoms with Gasteiger partial charge < -0.3 is 25.6 Å². The summed E-state index contributed by atoms with van der Waals surface area (Å²) >= 11 is 0. The summed E-state index contributed by atoms with van der Waals surface area (Å²) in [6.07, 6.45) is 0. The van der Waals surface area contributed by atoms with Crippen LogP contribution < -0.4 is 16.0 Å². The lowest BCUT2D eigenvalue weighted by atomic mass is 10.2. The predicted octanol–water partition coefficient (Wildman–Crippen LogP) is 2.76. The number of carbonyl (C=O) groups excluding carboxylic acids is 3. The van der Waals surface area contributed by atoms with Gasteiger partial charge in [-0.05, 0) is 42.5 Å². The molecule has 0 bridgehead atoms. The van der Waals surface area contributed by atoms with Crippen molar-refractivity contribution in [3.8, 4) is 0 Å². The highest BCUT2D eigenvalue weighted by Crippen LogP contribution is 2.17. The number of nitrogens with zero attached hydrogens (tertiary/aromatic N) is 1. The lowest BCUT2D eigenvalue weighted by Gasteiger charge is -2.26. The van der Waals surface area contributed by atoms with Gasteiger partial charge in [0.2, 0.25) is 5.91 Å². The van der Waals surface area contributed by atoms with E-state index in [1.807, 2.05) is 0 Å². The van der Waals surface area contributed by atoms with Gasteiger partial charge in [0.1, 0.15) is 0 Å². The summed E-state index contributed by atoms with van der Waals surface area (Å²) in [4.78, 5) is 37.4. The molecule has 2 aromatic carbocycles. The van der Waals surface area contributed by atoms with E-state index in [0.717, 1.165) is 0 Å². The summed E-state index contributed by atoms with van der Waals surface area (Å²) in [5.41, 5.74) is 2.24. The lowest BCUT2D eigenvalue weighted by Crippen LogP contribution is -2.43. The van der Waals surface area contributed by atoms with E-state index in [1.165, 1.54) is 6.92 Å². The molecule has 1 fully saturated rings. The minimum atomic E-state index is -0.286. The van der Waals surface area contributed by atoms with Crippen LogP contribution in [0.15, 0.2) is 48.5 Å². The van der Waals surface area contributed by atoms with Gasteiger partial charge in [-0.3, -0.25) is 9.59 Å². The van der Waals surface area contributed by atoms with E-state index in [-0.39, 0.29) is 17.8 Å². The zero-order valence-electron chi connectivity index (χ0n) is 15.5. The number of ether oxygens (including phenoxy) is 1. The number of anilines is 3. The van der Waals surface area contributed by atoms with Crippen LogP contribution >= 0.6 is 0 Å². The summed E-state index contributed by atoms with van der Waals surface area (Å²) in [6, 6.07) is 13.4. The minimum Gasteiger partial charge on any atom is -0.378 e. The van der Waals surface area contributed by atoms with Crippen LogP contribution in [0.1, 0.15) is 17.3 Å². The molecule has 0 aliphatic carbocycles. The Hall–Kier alpha value is -3.39. The number of hydrogen-bond donors (Lipinski definition) is 3. The fourth-order valence-corrected chi connectivity index (χ4v) is 2.76. The molecule has 0 saturated carbocycles. The van der Waals surface area contributed by atoms with Gasteiger partial charge in [-0.2, -0.15) is 0 Å². The van der Waals surface area contributed by atoms with E-state index in [1.54, 1.807) is 53.4 Å². The Bertz CT molecular complexity index is 861. The highest BCUT2D eigenvalue weighted by atomic mass is 16.5. The first kappa shape index (κ1) is 19.4. The van der Waals surface area contributed by atoms with Crippen molar-refractivity contribution in [3.63, 3.8) is 0 Å². The molecule has 1 saturated heterocycles. The molecule has 8 nitrogen and oxygen atoms in total. The molecule has 3 rings (SSSR count). The average Bonchev–Trinajstić information content (AvgIpc) is 2.69. The van der Waals surface area contributed by atoms with Crippen LogP contribution in [0.4, 0.5) is 21.9 Å². The fourth-order valence-electron chi connectivity index (χ4n) is 2.76. The number of urea groups is 1. The van der Waals surface area contributed by atoms with E-state index in [2.05, 4.69) is 16.0 Å². The molecule has 4 amide bonds. The first-order valence-electron chi connectivity index (χ1n) is 8.94. The Morgan fingerprint density at radius 2 is 1.50 bits per heavy atom. The van der Waals surface area contributed by atoms with Crippen LogP contribution in [-0.2, 0) is 9.53 Å². The third-order valence-electron chi connectivity index (χ3n) is 4.14. The summed E-state index contributed by atoms with van der Waals surface area (Å²) < 4.78 is 5.23. The number of amides is 4. The Labute approximate surface area is 162 Å². The predicted molar refractivity (Wildman–Crippen MR) is 107 cm³/mol. The SMILES string of the molecule is CC(=O)Nc1cccc(NC(=O)c2ccc(NC(=O)N3CCOCC3)cc2)c1. The second-order valence-corrected chi connectivity index (χ2v) is 6.32. The third-order valence-corrected chi connectivity index (χ3v) is 4.14. The molecule has 146 valence electrons. The molecule has 28 heavy (non-hydrogen) atoms. The second kappa shape index (κ2) is 9.01. The summed E-state index contributed by atoms with van der Waals surface area (Å²) in [5, 5.41) is 8.27. The molecule has 0 unspecified atom stereocenters. The van der Waals surface area contributed by atoms with Crippen molar-refractivity contribution in [2.24, 2.45) is 0 Å². The molecule has 8 heteroatoms. The van der Waals surface area contributed by atoms with Crippen LogP contribution in [0.3, 0.4) is 0 Å². The first-order chi connectivity index (χ1) is 13.5. The van der Waals surface area contributed by atoms with Crippen LogP contribution in [0, 0.1) is 0 Å². The van der Waals surface area contributed by atoms with Crippen LogP contribution in [0.5, 0.6) is 0 Å². The van der Waals surface area contributed by atoms with E-state index >= 15 is 0 Å². The van der Waals surface area contributed by atoms with Crippen molar-refractivity contribution in [3.05, 3.63) is 54.1 Å². The largest absolute Gasteiger partial charge is 0.378 e. The number of rotatable bonds is 4. The smallest absolute Gasteiger partial charge is 0.321 e. The molecule has 0 atom stereocenters. The van der Waals surface area contributed by atoms with Crippen molar-refractivity contribution in [2.45, 2.75) is 6.92 Å². The van der Waals surface area contributed by atoms with Crippen LogP contribution in [0.2, 0.25) is 0 Å². The fraction of sp³-hybridized carbons (Fsp3) is 0.250. The molecular formula is C20H22N4O4. The molecule has 2 aromatic rings. The molecule has 1 aliphatic heterocycles. The average molecular weight is 382 g/mol. The van der Waals surface area contributed by atoms with Crippen molar-refractivity contribution in [1.29, 1.82) is 0 Å². The molecular weight excluding hydrogens is 360 g/mol. The van der Waals surface area contributed by atoms with Crippen LogP contribution in [0.25, 0.3) is 0 Å². The first-order valence-corrected chi connectivity index (χ1v) is 8.94. The summed E-state index contributed by atoms with van der Waals surface area (Å²) in [7, 11) is 0. The van der Waals surface area contributed by atoms with Gasteiger partial charge in [-0.15, -0.1) is 0 Å². The Morgan fingerprint density at radius 3 is 2.14 bits per heavy atom. The van der Waals surface area contributed by atoms with Crippen molar-refractivity contribution < 1.29 is 19.1 Å². The van der Waals surface area contributed by atoms with Crippen LogP contribution in [-0.4, -0.2) is 49.0 Å². The normalized spacial score (nSPS) is 13.5. The Balaban J connectivity index is 1.59. The molecule has 0 aromatic heterocycles. The molecule has 3 N–H and O–H groups in total. The highest BCUT2D eigenvalue weighted by Gasteiger charge is 2.16. The van der Waals surface area contributed by atoms with E-state index in [4.69, 9.17) is 4.74 Å². The van der Waals surface area contributed by atoms with Gasteiger partial charge in [0, 0.05) is 42.6 Å². The summed E-state index contributed by atoms with van der Waals surface area (Å²) in [5.74, 6) is -0.468. The van der Waals surface area contributed by atoms with Crippen molar-refractivity contribution in [1.82, 2.24) is 4.90 Å². The zero-order valence-corrected chi connectivity index (χ0v) is 15.5. The monoisotopic (exact) mass is 382 g/mol. The molecule has 0 spiro atoms. The topological polar surface area (TPSA) is 99.8 Å². The number of benzene rings is 2. The number of carbonyl (C=O) groups is 3. The minimum absolute atomic E-state index is 0.182. The highest BCUT2D eigenvalue weighted by molar-refractivity contribution is 6.05. The van der Waals surface area contributed by atoms with E-state index in [0.29, 0.717) is 48.9 Å². The Morgan fingerprint density at radius 1 is 0.857 bits per heavy atom. The van der Waals surface area contributed by atoms with Gasteiger partial charge in [0.25, 0.3) is 5.91 Å². The van der Waals surface area contributed by atoms with Gasteiger partial charge in [0.15, 0.2) is 0 Å². The maximum absolute atomic E-state index is 12.4. The number of nitrogens with one attached hydrogen (secondary N) is 3. The molecule has 1 aliphatic rings. The lowest BCUT2D eigenvalue weighted by molar-refractivity contribution is -0.114. The zero-order chi connectivity index (χ0) is 19.9. The van der Waals surface area contributed by atoms with E-state index in [9.17, 15) is 14.4 Å². The molecule has 0 radical (unpaired) electrons. The van der Waals surface area contributed by atoms with Gasteiger partial charge in [0.05, 0.1) is 13.2 Å². The van der Waals surface area contributed by atoms with Crippen molar-refractivity contribution >= 4 is 34.9 Å². The van der Waals surface area contributed by atoms with Gasteiger partial charge in [-0.25, -0.2) is 4.79 Å². The summed E-state index contributed by atoms with van der Waals surface area (Å²) in [6.45, 7) is 3.61. The maximum atomic E-state index is 12.4. The third kappa shape index (κ3) is 5.31. The second-order valence-electron chi connectivity index (χ2n) is 6.32. The maximum Gasteiger partial charge on any atom is 0.321 e. The van der Waals surface area contributed by atoms with Crippen molar-refractivity contribution in [2.75, 3.05) is 42.3 Å². The van der Waals surface area contributed by atoms with Gasteiger partial charge >= 0.3 is 6.03 Å². The quantitative estimate of drug-likeness (QED) is 0.757. The number of morpholine rings is 1. The van der Waals surface area contributed by atoms with E-state index < -0.39 is 0 Å². The van der Waals surface area contributed by atoms with Gasteiger partial charge in [-0.1, -0.05) is 6.07 Å². The molecule has 1 heterocycles. The number of hydrogen-bond acceptors (Lipinski definition) is 4.